The van der Waals surface area contributed by atoms with Gasteiger partial charge in [-0.3, -0.25) is 4.90 Å². The summed E-state index contributed by atoms with van der Waals surface area (Å²) in [7, 11) is 2.13. The molecule has 0 aromatic heterocycles. The Morgan fingerprint density at radius 2 is 2.05 bits per heavy atom. The Labute approximate surface area is 125 Å². The van der Waals surface area contributed by atoms with E-state index in [-0.39, 0.29) is 12.4 Å². The van der Waals surface area contributed by atoms with Gasteiger partial charge in [0, 0.05) is 38.8 Å². The van der Waals surface area contributed by atoms with Crippen molar-refractivity contribution in [2.75, 3.05) is 52.9 Å². The Morgan fingerprint density at radius 3 is 2.76 bits per heavy atom. The fourth-order valence-corrected chi connectivity index (χ4v) is 2.22. The van der Waals surface area contributed by atoms with E-state index in [9.17, 15) is 4.39 Å². The van der Waals surface area contributed by atoms with E-state index < -0.39 is 0 Å². The average Bonchev–Trinajstić information content (AvgIpc) is 2.48. The lowest BCUT2D eigenvalue weighted by molar-refractivity contribution is 0.133. The van der Waals surface area contributed by atoms with Crippen molar-refractivity contribution >= 4 is 0 Å². The van der Waals surface area contributed by atoms with Gasteiger partial charge >= 0.3 is 0 Å². The summed E-state index contributed by atoms with van der Waals surface area (Å²) in [5.74, 6) is 5.85. The Kier molecular flexibility index (Phi) is 6.00. The van der Waals surface area contributed by atoms with Crippen molar-refractivity contribution < 1.29 is 9.13 Å². The highest BCUT2D eigenvalue weighted by Crippen LogP contribution is 2.19. The minimum Gasteiger partial charge on any atom is -0.491 e. The minimum atomic E-state index is -0.317. The molecule has 0 aliphatic carbocycles. The molecule has 1 fully saturated rings. The van der Waals surface area contributed by atoms with Gasteiger partial charge in [0.25, 0.3) is 0 Å². The number of nitrogens with two attached hydrogens (primary N) is 1. The maximum Gasteiger partial charge on any atom is 0.137 e. The lowest BCUT2D eigenvalue weighted by Crippen LogP contribution is -2.45. The highest BCUT2D eigenvalue weighted by molar-refractivity contribution is 5.46. The van der Waals surface area contributed by atoms with Crippen LogP contribution in [0.5, 0.6) is 5.75 Å². The molecular weight excluding hydrogens is 269 g/mol. The molecule has 4 nitrogen and oxygen atoms in total. The first-order valence-corrected chi connectivity index (χ1v) is 7.21. The Bertz CT molecular complexity index is 516. The highest BCUT2D eigenvalue weighted by atomic mass is 19.1. The molecule has 2 N–H and O–H groups in total. The standard InChI is InChI=1S/C16H22FN3O/c1-19-7-9-20(10-8-19)11-12-21-16-13-15(17)5-4-14(16)3-2-6-18/h4-5,13H,6-12,18H2,1H3. The van der Waals surface area contributed by atoms with Crippen molar-refractivity contribution in [3.8, 4) is 17.6 Å². The number of likely N-dealkylation sites (N-methyl/N-ethyl adjacent to an activating group) is 1. The van der Waals surface area contributed by atoms with E-state index in [0.717, 1.165) is 32.7 Å². The molecule has 2 rings (SSSR count). The zero-order chi connectivity index (χ0) is 15.1. The minimum absolute atomic E-state index is 0.276. The number of hydrogen-bond donors (Lipinski definition) is 1. The number of halogens is 1. The van der Waals surface area contributed by atoms with E-state index in [1.165, 1.54) is 12.1 Å². The maximum absolute atomic E-state index is 13.3. The first kappa shape index (κ1) is 15.8. The number of hydrogen-bond acceptors (Lipinski definition) is 4. The van der Waals surface area contributed by atoms with Gasteiger partial charge in [-0.15, -0.1) is 0 Å². The summed E-state index contributed by atoms with van der Waals surface area (Å²) in [6.45, 7) is 5.89. The topological polar surface area (TPSA) is 41.7 Å². The van der Waals surface area contributed by atoms with Crippen LogP contribution in [0.15, 0.2) is 18.2 Å². The Balaban J connectivity index is 1.88. The largest absolute Gasteiger partial charge is 0.491 e. The van der Waals surface area contributed by atoms with Crippen LogP contribution < -0.4 is 10.5 Å². The number of rotatable bonds is 4. The molecule has 0 unspecified atom stereocenters. The SMILES string of the molecule is CN1CCN(CCOc2cc(F)ccc2C#CCN)CC1. The van der Waals surface area contributed by atoms with Crippen LogP contribution in [0.25, 0.3) is 0 Å². The lowest BCUT2D eigenvalue weighted by atomic mass is 10.2. The van der Waals surface area contributed by atoms with Crippen LogP contribution in [0.2, 0.25) is 0 Å². The fraction of sp³-hybridized carbons (Fsp3) is 0.500. The number of benzene rings is 1. The summed E-state index contributed by atoms with van der Waals surface area (Å²) >= 11 is 0. The van der Waals surface area contributed by atoms with Crippen LogP contribution in [-0.4, -0.2) is 62.7 Å². The Hall–Kier alpha value is -1.61. The lowest BCUT2D eigenvalue weighted by Gasteiger charge is -2.32. The summed E-state index contributed by atoms with van der Waals surface area (Å²) in [5, 5.41) is 0. The second-order valence-corrected chi connectivity index (χ2v) is 5.14. The average molecular weight is 291 g/mol. The van der Waals surface area contributed by atoms with Crippen molar-refractivity contribution in [1.82, 2.24) is 9.80 Å². The zero-order valence-electron chi connectivity index (χ0n) is 12.4. The van der Waals surface area contributed by atoms with Crippen molar-refractivity contribution in [3.05, 3.63) is 29.6 Å². The van der Waals surface area contributed by atoms with Gasteiger partial charge in [-0.2, -0.15) is 0 Å². The quantitative estimate of drug-likeness (QED) is 0.832. The molecule has 0 amide bonds. The van der Waals surface area contributed by atoms with Gasteiger partial charge in [-0.1, -0.05) is 11.8 Å². The van der Waals surface area contributed by atoms with Gasteiger partial charge < -0.3 is 15.4 Å². The van der Waals surface area contributed by atoms with Crippen molar-refractivity contribution in [3.63, 3.8) is 0 Å². The molecule has 0 spiro atoms. The normalized spacial score (nSPS) is 16.3. The van der Waals surface area contributed by atoms with Crippen LogP contribution in [0, 0.1) is 17.7 Å². The molecule has 114 valence electrons. The molecule has 0 bridgehead atoms. The molecule has 0 atom stereocenters. The third-order valence-corrected chi connectivity index (χ3v) is 3.53. The fourth-order valence-electron chi connectivity index (χ4n) is 2.22. The van der Waals surface area contributed by atoms with Crippen molar-refractivity contribution in [2.45, 2.75) is 0 Å². The molecule has 5 heteroatoms. The van der Waals surface area contributed by atoms with Crippen LogP contribution in [0.1, 0.15) is 5.56 Å². The predicted octanol–water partition coefficient (Wildman–Crippen LogP) is 0.762. The monoisotopic (exact) mass is 291 g/mol. The third kappa shape index (κ3) is 5.01. The Morgan fingerprint density at radius 1 is 1.29 bits per heavy atom. The summed E-state index contributed by atoms with van der Waals surface area (Å²) < 4.78 is 19.0. The van der Waals surface area contributed by atoms with Gasteiger partial charge in [0.1, 0.15) is 18.2 Å². The molecule has 1 aliphatic rings. The molecule has 1 heterocycles. The van der Waals surface area contributed by atoms with Crippen molar-refractivity contribution in [1.29, 1.82) is 0 Å². The smallest absolute Gasteiger partial charge is 0.137 e. The summed E-state index contributed by atoms with van der Waals surface area (Å²) in [5.41, 5.74) is 6.05. The van der Waals surface area contributed by atoms with Gasteiger partial charge in [0.15, 0.2) is 0 Å². The van der Waals surface area contributed by atoms with Crippen LogP contribution >= 0.6 is 0 Å². The number of ether oxygens (including phenoxy) is 1. The summed E-state index contributed by atoms with van der Waals surface area (Å²) in [6, 6.07) is 4.39. The van der Waals surface area contributed by atoms with Crippen LogP contribution in [-0.2, 0) is 0 Å². The van der Waals surface area contributed by atoms with Gasteiger partial charge in [-0.05, 0) is 19.2 Å². The predicted molar refractivity (Wildman–Crippen MR) is 81.8 cm³/mol. The van der Waals surface area contributed by atoms with E-state index in [4.69, 9.17) is 10.5 Å². The summed E-state index contributed by atoms with van der Waals surface area (Å²) in [6.07, 6.45) is 0. The highest BCUT2D eigenvalue weighted by Gasteiger charge is 2.13. The van der Waals surface area contributed by atoms with Crippen molar-refractivity contribution in [2.24, 2.45) is 5.73 Å². The van der Waals surface area contributed by atoms with Crippen LogP contribution in [0.3, 0.4) is 0 Å². The molecule has 1 aromatic rings. The van der Waals surface area contributed by atoms with Gasteiger partial charge in [0.2, 0.25) is 0 Å². The second-order valence-electron chi connectivity index (χ2n) is 5.14. The van der Waals surface area contributed by atoms with Crippen LogP contribution in [0.4, 0.5) is 4.39 Å². The van der Waals surface area contributed by atoms with E-state index in [2.05, 4.69) is 28.7 Å². The molecule has 1 aliphatic heterocycles. The summed E-state index contributed by atoms with van der Waals surface area (Å²) in [4.78, 5) is 4.66. The van der Waals surface area contributed by atoms with Gasteiger partial charge in [-0.25, -0.2) is 4.39 Å². The van der Waals surface area contributed by atoms with E-state index >= 15 is 0 Å². The third-order valence-electron chi connectivity index (χ3n) is 3.53. The molecular formula is C16H22FN3O. The van der Waals surface area contributed by atoms with Gasteiger partial charge in [0.05, 0.1) is 12.1 Å². The molecule has 21 heavy (non-hydrogen) atoms. The molecule has 0 saturated carbocycles. The van der Waals surface area contributed by atoms with E-state index in [0.29, 0.717) is 17.9 Å². The molecule has 1 aromatic carbocycles. The van der Waals surface area contributed by atoms with E-state index in [1.807, 2.05) is 0 Å². The number of nitrogens with zero attached hydrogens (tertiary/aromatic N) is 2. The first-order valence-electron chi connectivity index (χ1n) is 7.21. The molecule has 0 radical (unpaired) electrons. The van der Waals surface area contributed by atoms with E-state index in [1.54, 1.807) is 6.07 Å². The maximum atomic E-state index is 13.3. The number of piperazine rings is 1. The second kappa shape index (κ2) is 7.99. The molecule has 1 saturated heterocycles. The first-order chi connectivity index (χ1) is 10.2. The zero-order valence-corrected chi connectivity index (χ0v) is 12.4.